The van der Waals surface area contributed by atoms with Crippen molar-refractivity contribution < 1.29 is 4.74 Å². The van der Waals surface area contributed by atoms with Crippen LogP contribution in [0.4, 0.5) is 16.5 Å². The van der Waals surface area contributed by atoms with E-state index in [0.717, 1.165) is 38.8 Å². The van der Waals surface area contributed by atoms with Crippen molar-refractivity contribution in [1.29, 1.82) is 0 Å². The molecule has 0 saturated carbocycles. The van der Waals surface area contributed by atoms with Gasteiger partial charge in [0.1, 0.15) is 12.4 Å². The molecule has 0 bridgehead atoms. The average Bonchev–Trinajstić information content (AvgIpc) is 3.18. The van der Waals surface area contributed by atoms with Crippen LogP contribution >= 0.6 is 11.3 Å². The van der Waals surface area contributed by atoms with Crippen LogP contribution in [0.15, 0.2) is 67.0 Å². The van der Waals surface area contributed by atoms with E-state index in [1.165, 1.54) is 11.3 Å². The van der Waals surface area contributed by atoms with Crippen LogP contribution in [0, 0.1) is 6.92 Å². The summed E-state index contributed by atoms with van der Waals surface area (Å²) in [6.07, 6.45) is 3.51. The lowest BCUT2D eigenvalue weighted by molar-refractivity contribution is 0.307. The summed E-state index contributed by atoms with van der Waals surface area (Å²) in [5.41, 5.74) is 10.6. The Bertz CT molecular complexity index is 1080. The number of nitrogen functional groups attached to an aromatic ring is 1. The Hall–Kier alpha value is -3.45. The lowest BCUT2D eigenvalue weighted by Crippen LogP contribution is -1.96. The number of hydrogen-bond acceptors (Lipinski definition) is 7. The summed E-state index contributed by atoms with van der Waals surface area (Å²) in [5, 5.41) is 13.3. The van der Waals surface area contributed by atoms with Crippen LogP contribution in [0.2, 0.25) is 0 Å². The van der Waals surface area contributed by atoms with Gasteiger partial charge >= 0.3 is 0 Å². The van der Waals surface area contributed by atoms with E-state index >= 15 is 0 Å². The van der Waals surface area contributed by atoms with Crippen molar-refractivity contribution in [3.05, 3.63) is 78.1 Å². The third-order valence-corrected chi connectivity index (χ3v) is 5.09. The summed E-state index contributed by atoms with van der Waals surface area (Å²) in [6.45, 7) is 2.44. The second-order valence-electron chi connectivity index (χ2n) is 6.25. The van der Waals surface area contributed by atoms with E-state index in [2.05, 4.69) is 20.5 Å². The molecule has 140 valence electrons. The molecule has 0 aliphatic rings. The number of ether oxygens (including phenoxy) is 1. The molecule has 2 heterocycles. The fourth-order valence-corrected chi connectivity index (χ4v) is 3.43. The minimum Gasteiger partial charge on any atom is -0.488 e. The van der Waals surface area contributed by atoms with Crippen molar-refractivity contribution in [3.8, 4) is 16.3 Å². The van der Waals surface area contributed by atoms with Gasteiger partial charge in [-0.3, -0.25) is 4.98 Å². The van der Waals surface area contributed by atoms with Crippen LogP contribution in [-0.2, 0) is 6.61 Å². The first kappa shape index (κ1) is 17.9. The fourth-order valence-electron chi connectivity index (χ4n) is 2.63. The van der Waals surface area contributed by atoms with Gasteiger partial charge in [-0.25, -0.2) is 0 Å². The van der Waals surface area contributed by atoms with E-state index < -0.39 is 0 Å². The highest BCUT2D eigenvalue weighted by molar-refractivity contribution is 7.18. The summed E-state index contributed by atoms with van der Waals surface area (Å²) < 4.78 is 6.01. The van der Waals surface area contributed by atoms with E-state index in [1.54, 1.807) is 12.4 Å². The second kappa shape index (κ2) is 8.06. The smallest absolute Gasteiger partial charge is 0.210 e. The van der Waals surface area contributed by atoms with Crippen molar-refractivity contribution in [2.75, 3.05) is 11.1 Å². The van der Waals surface area contributed by atoms with Gasteiger partial charge in [0.25, 0.3) is 0 Å². The van der Waals surface area contributed by atoms with Gasteiger partial charge in [-0.15, -0.1) is 10.2 Å². The van der Waals surface area contributed by atoms with Crippen LogP contribution in [0.3, 0.4) is 0 Å². The van der Waals surface area contributed by atoms with Crippen molar-refractivity contribution in [2.24, 2.45) is 0 Å². The number of nitrogens with zero attached hydrogens (tertiary/aromatic N) is 3. The van der Waals surface area contributed by atoms with E-state index in [4.69, 9.17) is 10.5 Å². The number of aromatic nitrogens is 3. The Balaban J connectivity index is 1.52. The Kier molecular flexibility index (Phi) is 5.16. The van der Waals surface area contributed by atoms with E-state index in [-0.39, 0.29) is 0 Å². The first-order chi connectivity index (χ1) is 13.7. The molecule has 28 heavy (non-hydrogen) atoms. The molecule has 0 unspecified atom stereocenters. The topological polar surface area (TPSA) is 86.0 Å². The summed E-state index contributed by atoms with van der Waals surface area (Å²) in [4.78, 5) is 4.03. The molecule has 3 N–H and O–H groups in total. The highest BCUT2D eigenvalue weighted by atomic mass is 32.1. The molecular formula is C21H19N5OS. The largest absolute Gasteiger partial charge is 0.488 e. The number of hydrogen-bond donors (Lipinski definition) is 2. The third kappa shape index (κ3) is 4.10. The maximum atomic E-state index is 6.01. The second-order valence-corrected chi connectivity index (χ2v) is 7.23. The summed E-state index contributed by atoms with van der Waals surface area (Å²) in [6, 6.07) is 17.5. The molecule has 0 spiro atoms. The Labute approximate surface area is 167 Å². The van der Waals surface area contributed by atoms with Crippen LogP contribution < -0.4 is 15.8 Å². The molecule has 2 aromatic carbocycles. The van der Waals surface area contributed by atoms with Gasteiger partial charge in [0, 0.05) is 23.8 Å². The van der Waals surface area contributed by atoms with Crippen molar-refractivity contribution in [2.45, 2.75) is 13.5 Å². The molecule has 0 radical (unpaired) electrons. The molecule has 0 atom stereocenters. The van der Waals surface area contributed by atoms with Gasteiger partial charge in [0.15, 0.2) is 5.01 Å². The number of aryl methyl sites for hydroxylation is 1. The minimum absolute atomic E-state index is 0.464. The molecule has 4 rings (SSSR count). The molecule has 0 aliphatic heterocycles. The number of nitrogens with two attached hydrogens (primary N) is 1. The number of benzene rings is 2. The summed E-state index contributed by atoms with van der Waals surface area (Å²) >= 11 is 1.46. The normalized spacial score (nSPS) is 10.6. The van der Waals surface area contributed by atoms with Crippen LogP contribution in [-0.4, -0.2) is 15.2 Å². The van der Waals surface area contributed by atoms with Gasteiger partial charge in [-0.1, -0.05) is 29.5 Å². The first-order valence-electron chi connectivity index (χ1n) is 8.77. The zero-order chi connectivity index (χ0) is 19.3. The minimum atomic E-state index is 0.464. The van der Waals surface area contributed by atoms with Gasteiger partial charge in [-0.05, 0) is 54.4 Å². The molecule has 0 fully saturated rings. The Morgan fingerprint density at radius 2 is 1.86 bits per heavy atom. The number of pyridine rings is 1. The van der Waals surface area contributed by atoms with Crippen LogP contribution in [0.25, 0.3) is 10.6 Å². The van der Waals surface area contributed by atoms with Crippen molar-refractivity contribution in [1.82, 2.24) is 15.2 Å². The average molecular weight is 389 g/mol. The Morgan fingerprint density at radius 1 is 1.04 bits per heavy atom. The molecule has 0 amide bonds. The molecule has 0 aliphatic carbocycles. The van der Waals surface area contributed by atoms with Crippen LogP contribution in [0.5, 0.6) is 5.75 Å². The molecule has 6 nitrogen and oxygen atoms in total. The molecular weight excluding hydrogens is 370 g/mol. The van der Waals surface area contributed by atoms with E-state index in [0.29, 0.717) is 11.7 Å². The molecule has 0 saturated heterocycles. The van der Waals surface area contributed by atoms with Crippen LogP contribution in [0.1, 0.15) is 11.1 Å². The number of para-hydroxylation sites is 1. The Morgan fingerprint density at radius 3 is 2.68 bits per heavy atom. The number of rotatable bonds is 6. The highest BCUT2D eigenvalue weighted by Crippen LogP contribution is 2.35. The molecule has 2 aromatic heterocycles. The van der Waals surface area contributed by atoms with Gasteiger partial charge in [0.2, 0.25) is 5.13 Å². The standard InChI is InChI=1S/C21H19N5OS/c1-14-6-7-16(12-18(14)22)24-21-26-25-20(28-21)17-4-2-3-5-19(17)27-13-15-8-10-23-11-9-15/h2-12H,13,22H2,1H3,(H,24,26). The third-order valence-electron chi connectivity index (χ3n) is 4.22. The number of nitrogens with one attached hydrogen (secondary N) is 1. The predicted octanol–water partition coefficient (Wildman–Crippen LogP) is 4.81. The summed E-state index contributed by atoms with van der Waals surface area (Å²) in [5.74, 6) is 0.765. The monoisotopic (exact) mass is 389 g/mol. The van der Waals surface area contributed by atoms with E-state index in [9.17, 15) is 0 Å². The molecule has 4 aromatic rings. The summed E-state index contributed by atoms with van der Waals surface area (Å²) in [7, 11) is 0. The quantitative estimate of drug-likeness (QED) is 0.460. The fraction of sp³-hybridized carbons (Fsp3) is 0.0952. The number of anilines is 3. The van der Waals surface area contributed by atoms with Gasteiger partial charge in [-0.2, -0.15) is 0 Å². The predicted molar refractivity (Wildman–Crippen MR) is 113 cm³/mol. The lowest BCUT2D eigenvalue weighted by atomic mass is 10.2. The maximum Gasteiger partial charge on any atom is 0.210 e. The molecule has 7 heteroatoms. The highest BCUT2D eigenvalue weighted by Gasteiger charge is 2.12. The maximum absolute atomic E-state index is 6.01. The SMILES string of the molecule is Cc1ccc(Nc2nnc(-c3ccccc3OCc3ccncc3)s2)cc1N. The zero-order valence-electron chi connectivity index (χ0n) is 15.3. The van der Waals surface area contributed by atoms with Gasteiger partial charge < -0.3 is 15.8 Å². The first-order valence-corrected chi connectivity index (χ1v) is 9.58. The zero-order valence-corrected chi connectivity index (χ0v) is 16.1. The van der Waals surface area contributed by atoms with Crippen molar-refractivity contribution >= 4 is 27.8 Å². The van der Waals surface area contributed by atoms with E-state index in [1.807, 2.05) is 61.5 Å². The van der Waals surface area contributed by atoms with Gasteiger partial charge in [0.05, 0.1) is 5.56 Å². The lowest BCUT2D eigenvalue weighted by Gasteiger charge is -2.09. The van der Waals surface area contributed by atoms with Crippen molar-refractivity contribution in [3.63, 3.8) is 0 Å².